The highest BCUT2D eigenvalue weighted by atomic mass is 16.3. The number of benzene rings is 1. The summed E-state index contributed by atoms with van der Waals surface area (Å²) < 4.78 is 5.53. The molecule has 0 saturated heterocycles. The zero-order valence-electron chi connectivity index (χ0n) is 10.6. The van der Waals surface area contributed by atoms with Crippen molar-refractivity contribution in [3.8, 4) is 0 Å². The lowest BCUT2D eigenvalue weighted by molar-refractivity contribution is 0.0993. The van der Waals surface area contributed by atoms with Crippen LogP contribution in [0.4, 0.5) is 0 Å². The van der Waals surface area contributed by atoms with E-state index in [9.17, 15) is 5.11 Å². The smallest absolute Gasteiger partial charge is 0.134 e. The van der Waals surface area contributed by atoms with Gasteiger partial charge in [-0.05, 0) is 24.8 Å². The highest BCUT2D eigenvalue weighted by Gasteiger charge is 2.24. The molecule has 0 radical (unpaired) electrons. The van der Waals surface area contributed by atoms with Gasteiger partial charge < -0.3 is 9.52 Å². The van der Waals surface area contributed by atoms with Gasteiger partial charge in [-0.25, -0.2) is 0 Å². The van der Waals surface area contributed by atoms with E-state index in [1.807, 2.05) is 24.3 Å². The van der Waals surface area contributed by atoms with Crippen LogP contribution in [0.3, 0.4) is 0 Å². The molecule has 1 aliphatic rings. The van der Waals surface area contributed by atoms with Crippen molar-refractivity contribution in [2.75, 3.05) is 0 Å². The Balaban J connectivity index is 1.88. The minimum atomic E-state index is -0.369. The summed E-state index contributed by atoms with van der Waals surface area (Å²) in [7, 11) is 0. The number of fused-ring (bicyclic) bond motifs is 1. The van der Waals surface area contributed by atoms with E-state index in [4.69, 9.17) is 4.42 Å². The number of hydrogen-bond acceptors (Lipinski definition) is 2. The maximum Gasteiger partial charge on any atom is 0.134 e. The van der Waals surface area contributed by atoms with Crippen LogP contribution >= 0.6 is 0 Å². The summed E-state index contributed by atoms with van der Waals surface area (Å²) in [4.78, 5) is 0. The predicted octanol–water partition coefficient (Wildman–Crippen LogP) is 4.44. The van der Waals surface area contributed by atoms with E-state index in [-0.39, 0.29) is 6.10 Å². The first-order valence-corrected chi connectivity index (χ1v) is 7.00. The first-order valence-electron chi connectivity index (χ1n) is 7.00. The fraction of sp³-hybridized carbons (Fsp3) is 0.500. The van der Waals surface area contributed by atoms with Gasteiger partial charge in [0.1, 0.15) is 5.58 Å². The highest BCUT2D eigenvalue weighted by molar-refractivity contribution is 5.81. The molecular formula is C16H20O2. The maximum absolute atomic E-state index is 10.6. The van der Waals surface area contributed by atoms with E-state index in [2.05, 4.69) is 0 Å². The predicted molar refractivity (Wildman–Crippen MR) is 72.4 cm³/mol. The van der Waals surface area contributed by atoms with Crippen molar-refractivity contribution in [1.82, 2.24) is 0 Å². The van der Waals surface area contributed by atoms with Gasteiger partial charge in [0.05, 0.1) is 12.4 Å². The quantitative estimate of drug-likeness (QED) is 0.792. The molecule has 1 saturated carbocycles. The molecule has 1 aromatic carbocycles. The molecule has 1 N–H and O–H groups in total. The number of para-hydroxylation sites is 1. The van der Waals surface area contributed by atoms with Crippen molar-refractivity contribution in [3.05, 3.63) is 36.1 Å². The Morgan fingerprint density at radius 2 is 1.78 bits per heavy atom. The molecule has 1 aliphatic carbocycles. The Morgan fingerprint density at radius 1 is 1.06 bits per heavy atom. The lowest BCUT2D eigenvalue weighted by Gasteiger charge is -2.20. The molecule has 1 unspecified atom stereocenters. The third kappa shape index (κ3) is 2.17. The van der Waals surface area contributed by atoms with Gasteiger partial charge in [0.2, 0.25) is 0 Å². The standard InChI is InChI=1S/C16H20O2/c17-16(12-7-3-1-2-4-8-12)14-11-18-15-10-6-5-9-13(14)15/h5-6,9-12,16-17H,1-4,7-8H2. The van der Waals surface area contributed by atoms with Crippen LogP contribution in [0.5, 0.6) is 0 Å². The van der Waals surface area contributed by atoms with E-state index < -0.39 is 0 Å². The second-order valence-corrected chi connectivity index (χ2v) is 5.38. The Bertz CT molecular complexity index is 507. The van der Waals surface area contributed by atoms with E-state index in [0.717, 1.165) is 29.4 Å². The van der Waals surface area contributed by atoms with Gasteiger partial charge in [-0.3, -0.25) is 0 Å². The molecule has 2 nitrogen and oxygen atoms in total. The molecule has 3 rings (SSSR count). The van der Waals surface area contributed by atoms with Crippen LogP contribution in [0, 0.1) is 5.92 Å². The topological polar surface area (TPSA) is 33.4 Å². The molecule has 2 heteroatoms. The van der Waals surface area contributed by atoms with E-state index in [0.29, 0.717) is 5.92 Å². The van der Waals surface area contributed by atoms with E-state index >= 15 is 0 Å². The van der Waals surface area contributed by atoms with Gasteiger partial charge in [0.15, 0.2) is 0 Å². The van der Waals surface area contributed by atoms with Crippen molar-refractivity contribution < 1.29 is 9.52 Å². The number of furan rings is 1. The summed E-state index contributed by atoms with van der Waals surface area (Å²) in [6.45, 7) is 0. The molecule has 1 fully saturated rings. The third-order valence-corrected chi connectivity index (χ3v) is 4.18. The SMILES string of the molecule is OC(c1coc2ccccc12)C1CCCCCC1. The van der Waals surface area contributed by atoms with Crippen molar-refractivity contribution >= 4 is 11.0 Å². The second-order valence-electron chi connectivity index (χ2n) is 5.38. The van der Waals surface area contributed by atoms with Crippen LogP contribution in [0.1, 0.15) is 50.2 Å². The van der Waals surface area contributed by atoms with Gasteiger partial charge in [-0.1, -0.05) is 43.9 Å². The molecule has 0 amide bonds. The molecule has 0 bridgehead atoms. The first-order chi connectivity index (χ1) is 8.86. The first kappa shape index (κ1) is 11.8. The lowest BCUT2D eigenvalue weighted by Crippen LogP contribution is -2.11. The average molecular weight is 244 g/mol. The largest absolute Gasteiger partial charge is 0.464 e. The van der Waals surface area contributed by atoms with Crippen LogP contribution in [0.2, 0.25) is 0 Å². The van der Waals surface area contributed by atoms with Gasteiger partial charge >= 0.3 is 0 Å². The number of aliphatic hydroxyl groups excluding tert-OH is 1. The molecule has 1 atom stereocenters. The fourth-order valence-corrected chi connectivity index (χ4v) is 3.11. The van der Waals surface area contributed by atoms with E-state index in [1.54, 1.807) is 6.26 Å². The molecule has 18 heavy (non-hydrogen) atoms. The average Bonchev–Trinajstić information content (AvgIpc) is 2.65. The zero-order valence-corrected chi connectivity index (χ0v) is 10.6. The Hall–Kier alpha value is -1.28. The summed E-state index contributed by atoms with van der Waals surface area (Å²) >= 11 is 0. The Kier molecular flexibility index (Phi) is 3.37. The summed E-state index contributed by atoms with van der Waals surface area (Å²) in [5.41, 5.74) is 1.85. The summed E-state index contributed by atoms with van der Waals surface area (Å²) in [5.74, 6) is 0.397. The maximum atomic E-state index is 10.6. The van der Waals surface area contributed by atoms with Crippen LogP contribution in [-0.2, 0) is 0 Å². The van der Waals surface area contributed by atoms with E-state index in [1.165, 1.54) is 25.7 Å². The number of rotatable bonds is 2. The van der Waals surface area contributed by atoms with Crippen molar-refractivity contribution in [2.24, 2.45) is 5.92 Å². The minimum Gasteiger partial charge on any atom is -0.464 e. The van der Waals surface area contributed by atoms with Crippen molar-refractivity contribution in [3.63, 3.8) is 0 Å². The minimum absolute atomic E-state index is 0.369. The fourth-order valence-electron chi connectivity index (χ4n) is 3.11. The molecule has 0 spiro atoms. The summed E-state index contributed by atoms with van der Waals surface area (Å²) in [6, 6.07) is 7.96. The second kappa shape index (κ2) is 5.15. The van der Waals surface area contributed by atoms with Crippen molar-refractivity contribution in [2.45, 2.75) is 44.6 Å². The van der Waals surface area contributed by atoms with Crippen LogP contribution in [-0.4, -0.2) is 5.11 Å². The number of aliphatic hydroxyl groups is 1. The molecular weight excluding hydrogens is 224 g/mol. The summed E-state index contributed by atoms with van der Waals surface area (Å²) in [5, 5.41) is 11.7. The molecule has 0 aliphatic heterocycles. The number of hydrogen-bond donors (Lipinski definition) is 1. The van der Waals surface area contributed by atoms with Crippen LogP contribution < -0.4 is 0 Å². The monoisotopic (exact) mass is 244 g/mol. The Labute approximate surface area is 108 Å². The highest BCUT2D eigenvalue weighted by Crippen LogP contribution is 2.36. The van der Waals surface area contributed by atoms with Gasteiger partial charge in [0.25, 0.3) is 0 Å². The molecule has 1 aromatic heterocycles. The zero-order chi connectivity index (χ0) is 12.4. The lowest BCUT2D eigenvalue weighted by atomic mass is 9.89. The molecule has 96 valence electrons. The van der Waals surface area contributed by atoms with Gasteiger partial charge in [-0.2, -0.15) is 0 Å². The summed E-state index contributed by atoms with van der Waals surface area (Å²) in [6.07, 6.45) is 8.77. The van der Waals surface area contributed by atoms with Crippen LogP contribution in [0.25, 0.3) is 11.0 Å². The van der Waals surface area contributed by atoms with Crippen molar-refractivity contribution in [1.29, 1.82) is 0 Å². The van der Waals surface area contributed by atoms with Gasteiger partial charge in [0, 0.05) is 10.9 Å². The molecule has 1 heterocycles. The molecule has 2 aromatic rings. The normalized spacial score (nSPS) is 19.8. The Morgan fingerprint density at radius 3 is 2.56 bits per heavy atom. The van der Waals surface area contributed by atoms with Gasteiger partial charge in [-0.15, -0.1) is 0 Å². The third-order valence-electron chi connectivity index (χ3n) is 4.18. The van der Waals surface area contributed by atoms with Crippen LogP contribution in [0.15, 0.2) is 34.9 Å².